The van der Waals surface area contributed by atoms with Crippen LogP contribution in [0, 0.1) is 5.92 Å². The molecule has 0 radical (unpaired) electrons. The van der Waals surface area contributed by atoms with Crippen molar-refractivity contribution in [3.8, 4) is 0 Å². The number of aliphatic carboxylic acids is 3. The summed E-state index contributed by atoms with van der Waals surface area (Å²) in [6.07, 6.45) is -1.49. The van der Waals surface area contributed by atoms with E-state index < -0.39 is 72.6 Å². The molecule has 14 heteroatoms. The maximum atomic E-state index is 12.5. The highest BCUT2D eigenvalue weighted by Crippen LogP contribution is 2.06. The summed E-state index contributed by atoms with van der Waals surface area (Å²) >= 11 is 3.94. The number of carboxylic acids is 3. The van der Waals surface area contributed by atoms with Gasteiger partial charge in [-0.1, -0.05) is 13.8 Å². The molecule has 31 heavy (non-hydrogen) atoms. The van der Waals surface area contributed by atoms with E-state index in [-0.39, 0.29) is 18.1 Å². The highest BCUT2D eigenvalue weighted by atomic mass is 32.1. The average molecular weight is 464 g/mol. The fourth-order valence-corrected chi connectivity index (χ4v) is 2.63. The molecule has 0 saturated carbocycles. The SMILES string of the molecule is CC(C)CC(NC(=O)C(CS)NC(=O)C(CC(=O)O)NC(=O)C(N)CC(=O)O)C(=O)O. The number of hydrogen-bond donors (Lipinski definition) is 8. The summed E-state index contributed by atoms with van der Waals surface area (Å²) < 4.78 is 0. The number of nitrogens with one attached hydrogen (secondary N) is 3. The second kappa shape index (κ2) is 13.4. The lowest BCUT2D eigenvalue weighted by Crippen LogP contribution is -2.58. The van der Waals surface area contributed by atoms with Gasteiger partial charge in [0, 0.05) is 5.75 Å². The summed E-state index contributed by atoms with van der Waals surface area (Å²) in [7, 11) is 0. The van der Waals surface area contributed by atoms with Crippen molar-refractivity contribution in [3.63, 3.8) is 0 Å². The van der Waals surface area contributed by atoms with Crippen molar-refractivity contribution in [2.75, 3.05) is 5.75 Å². The van der Waals surface area contributed by atoms with E-state index in [1.54, 1.807) is 13.8 Å². The molecular formula is C17H28N4O9S. The van der Waals surface area contributed by atoms with Crippen LogP contribution in [-0.2, 0) is 28.8 Å². The predicted octanol–water partition coefficient (Wildman–Crippen LogP) is -2.22. The van der Waals surface area contributed by atoms with Gasteiger partial charge in [-0.05, 0) is 12.3 Å². The molecule has 3 amide bonds. The van der Waals surface area contributed by atoms with Crippen molar-refractivity contribution in [1.82, 2.24) is 16.0 Å². The first kappa shape index (κ1) is 28.1. The third kappa shape index (κ3) is 11.2. The highest BCUT2D eigenvalue weighted by molar-refractivity contribution is 7.80. The Labute approximate surface area is 183 Å². The number of amides is 3. The van der Waals surface area contributed by atoms with Crippen LogP contribution in [0.3, 0.4) is 0 Å². The largest absolute Gasteiger partial charge is 0.481 e. The zero-order chi connectivity index (χ0) is 24.3. The predicted molar refractivity (Wildman–Crippen MR) is 109 cm³/mol. The first-order valence-electron chi connectivity index (χ1n) is 9.22. The Morgan fingerprint density at radius 1 is 0.774 bits per heavy atom. The number of carbonyl (C=O) groups excluding carboxylic acids is 3. The fraction of sp³-hybridized carbons (Fsp3) is 0.647. The molecule has 176 valence electrons. The lowest BCUT2D eigenvalue weighted by molar-refractivity contribution is -0.143. The number of carbonyl (C=O) groups is 6. The van der Waals surface area contributed by atoms with Crippen molar-refractivity contribution >= 4 is 48.3 Å². The topological polar surface area (TPSA) is 225 Å². The number of hydrogen-bond acceptors (Lipinski definition) is 8. The van der Waals surface area contributed by atoms with Crippen LogP contribution in [0.1, 0.15) is 33.1 Å². The molecule has 0 spiro atoms. The van der Waals surface area contributed by atoms with Gasteiger partial charge in [0.1, 0.15) is 18.1 Å². The summed E-state index contributed by atoms with van der Waals surface area (Å²) in [5.74, 6) is -7.39. The second-order valence-corrected chi connectivity index (χ2v) is 7.50. The Balaban J connectivity index is 5.27. The standard InChI is InChI=1S/C17H28N4O9S/c1-7(2)3-10(17(29)30)20-16(28)11(6-31)21-15(27)9(5-13(24)25)19-14(26)8(18)4-12(22)23/h7-11,31H,3-6,18H2,1-2H3,(H,19,26)(H,20,28)(H,21,27)(H,22,23)(H,24,25)(H,29,30). The molecule has 0 saturated heterocycles. The number of rotatable bonds is 14. The minimum Gasteiger partial charge on any atom is -0.481 e. The molecule has 0 heterocycles. The molecule has 0 aromatic heterocycles. The second-order valence-electron chi connectivity index (χ2n) is 7.14. The van der Waals surface area contributed by atoms with E-state index in [0.717, 1.165) is 0 Å². The van der Waals surface area contributed by atoms with Gasteiger partial charge in [0.15, 0.2) is 0 Å². The summed E-state index contributed by atoms with van der Waals surface area (Å²) in [6, 6.07) is -5.73. The van der Waals surface area contributed by atoms with Gasteiger partial charge in [-0.25, -0.2) is 4.79 Å². The van der Waals surface area contributed by atoms with Gasteiger partial charge in [-0.2, -0.15) is 12.6 Å². The lowest BCUT2D eigenvalue weighted by Gasteiger charge is -2.24. The van der Waals surface area contributed by atoms with Crippen molar-refractivity contribution in [3.05, 3.63) is 0 Å². The van der Waals surface area contributed by atoms with Crippen molar-refractivity contribution in [2.24, 2.45) is 11.7 Å². The summed E-state index contributed by atoms with van der Waals surface area (Å²) in [5.41, 5.74) is 5.39. The van der Waals surface area contributed by atoms with Crippen LogP contribution in [0.4, 0.5) is 0 Å². The zero-order valence-corrected chi connectivity index (χ0v) is 17.9. The van der Waals surface area contributed by atoms with Crippen LogP contribution in [0.2, 0.25) is 0 Å². The van der Waals surface area contributed by atoms with Gasteiger partial charge >= 0.3 is 17.9 Å². The van der Waals surface area contributed by atoms with Crippen LogP contribution in [0.5, 0.6) is 0 Å². The van der Waals surface area contributed by atoms with E-state index in [1.807, 2.05) is 5.32 Å². The van der Waals surface area contributed by atoms with E-state index >= 15 is 0 Å². The van der Waals surface area contributed by atoms with E-state index in [1.165, 1.54) is 0 Å². The Morgan fingerprint density at radius 2 is 1.23 bits per heavy atom. The van der Waals surface area contributed by atoms with E-state index in [2.05, 4.69) is 23.3 Å². The third-order valence-electron chi connectivity index (χ3n) is 3.88. The Bertz CT molecular complexity index is 701. The molecule has 0 aliphatic heterocycles. The quantitative estimate of drug-likeness (QED) is 0.129. The molecule has 8 N–H and O–H groups in total. The Morgan fingerprint density at radius 3 is 1.65 bits per heavy atom. The minimum absolute atomic E-state index is 0.0457. The van der Waals surface area contributed by atoms with Crippen LogP contribution in [0.25, 0.3) is 0 Å². The van der Waals surface area contributed by atoms with E-state index in [9.17, 15) is 33.9 Å². The molecule has 0 bridgehead atoms. The molecule has 0 rings (SSSR count). The molecule has 4 unspecified atom stereocenters. The molecule has 0 fully saturated rings. The maximum Gasteiger partial charge on any atom is 0.326 e. The normalized spacial score (nSPS) is 14.6. The molecule has 0 aliphatic carbocycles. The first-order chi connectivity index (χ1) is 14.3. The summed E-state index contributed by atoms with van der Waals surface area (Å²) in [5, 5.41) is 33.4. The molecule has 13 nitrogen and oxygen atoms in total. The van der Waals surface area contributed by atoms with Gasteiger partial charge in [0.05, 0.1) is 18.9 Å². The number of nitrogens with two attached hydrogens (primary N) is 1. The highest BCUT2D eigenvalue weighted by Gasteiger charge is 2.31. The number of thiol groups is 1. The van der Waals surface area contributed by atoms with Crippen molar-refractivity contribution < 1.29 is 44.1 Å². The zero-order valence-electron chi connectivity index (χ0n) is 17.0. The maximum absolute atomic E-state index is 12.5. The van der Waals surface area contributed by atoms with Crippen molar-refractivity contribution in [2.45, 2.75) is 57.3 Å². The van der Waals surface area contributed by atoms with Gasteiger partial charge in [-0.15, -0.1) is 0 Å². The van der Waals surface area contributed by atoms with Crippen LogP contribution in [0.15, 0.2) is 0 Å². The lowest BCUT2D eigenvalue weighted by atomic mass is 10.0. The Kier molecular flexibility index (Phi) is 12.2. The molecule has 0 aromatic rings. The molecule has 4 atom stereocenters. The summed E-state index contributed by atoms with van der Waals surface area (Å²) in [4.78, 5) is 69.8. The number of carboxylic acid groups (broad SMARTS) is 3. The minimum atomic E-state index is -1.66. The van der Waals surface area contributed by atoms with Crippen LogP contribution >= 0.6 is 12.6 Å². The van der Waals surface area contributed by atoms with E-state index in [4.69, 9.17) is 15.9 Å². The Hall–Kier alpha value is -2.87. The smallest absolute Gasteiger partial charge is 0.326 e. The van der Waals surface area contributed by atoms with Gasteiger partial charge in [0.2, 0.25) is 17.7 Å². The van der Waals surface area contributed by atoms with Gasteiger partial charge < -0.3 is 37.0 Å². The van der Waals surface area contributed by atoms with Gasteiger partial charge in [0.25, 0.3) is 0 Å². The molecule has 0 aliphatic rings. The third-order valence-corrected chi connectivity index (χ3v) is 4.25. The van der Waals surface area contributed by atoms with Gasteiger partial charge in [-0.3, -0.25) is 24.0 Å². The fourth-order valence-electron chi connectivity index (χ4n) is 2.38. The monoisotopic (exact) mass is 464 g/mol. The summed E-state index contributed by atoms with van der Waals surface area (Å²) in [6.45, 7) is 3.52. The average Bonchev–Trinajstić information content (AvgIpc) is 2.63. The first-order valence-corrected chi connectivity index (χ1v) is 9.85. The van der Waals surface area contributed by atoms with E-state index in [0.29, 0.717) is 0 Å². The van der Waals surface area contributed by atoms with Crippen LogP contribution < -0.4 is 21.7 Å². The molecular weight excluding hydrogens is 436 g/mol. The molecule has 0 aromatic carbocycles. The van der Waals surface area contributed by atoms with Crippen LogP contribution in [-0.4, -0.2) is 80.9 Å². The van der Waals surface area contributed by atoms with Crippen molar-refractivity contribution in [1.29, 1.82) is 0 Å².